The molecule has 2 fully saturated rings. The third kappa shape index (κ3) is 12.6. The highest BCUT2D eigenvalue weighted by Crippen LogP contribution is 2.31. The van der Waals surface area contributed by atoms with Gasteiger partial charge in [-0.15, -0.1) is 0 Å². The summed E-state index contributed by atoms with van der Waals surface area (Å²) in [6.07, 6.45) is -29.5. The van der Waals surface area contributed by atoms with Gasteiger partial charge in [-0.2, -0.15) is 0 Å². The normalized spacial score (nSPS) is 33.6. The lowest BCUT2D eigenvalue weighted by molar-refractivity contribution is -0.329. The van der Waals surface area contributed by atoms with Crippen molar-refractivity contribution in [1.29, 1.82) is 0 Å². The number of carbonyl (C=O) groups is 2. The van der Waals surface area contributed by atoms with E-state index in [2.05, 4.69) is 0 Å². The van der Waals surface area contributed by atoms with Crippen LogP contribution in [0.1, 0.15) is 57.8 Å². The number of aliphatic hydroxyl groups excluding tert-OH is 14. The van der Waals surface area contributed by atoms with Gasteiger partial charge >= 0.3 is 0 Å². The number of amides is 2. The molecule has 0 saturated carbocycles. The van der Waals surface area contributed by atoms with Crippen LogP contribution in [0.4, 0.5) is 0 Å². The number of ether oxygens (including phenoxy) is 4. The second-order valence-corrected chi connectivity index (χ2v) is 14.5. The van der Waals surface area contributed by atoms with E-state index in [1.165, 1.54) is 0 Å². The van der Waals surface area contributed by atoms with Crippen molar-refractivity contribution in [3.63, 3.8) is 0 Å². The van der Waals surface area contributed by atoms with Crippen LogP contribution < -0.4 is 11.5 Å². The SMILES string of the molecule is NC(=O)[C@](O)(CCCCCCCCC[C@@](O)(C(N)=O)[C@@H](O)[C@H](O[C@@H]1O[C@H](CO)[C@H](O)[C@H](O)[C@H]1O)[C@H](O)CO)[C@@H](O)[C@H](O[C@@H]1O[C@H](CO)[C@H](O)[C@H](O)[C@H]1O)[C@H](O)CO. The van der Waals surface area contributed by atoms with Gasteiger partial charge in [0, 0.05) is 0 Å². The second-order valence-electron chi connectivity index (χ2n) is 14.5. The fourth-order valence-corrected chi connectivity index (χ4v) is 6.68. The number of unbranched alkanes of at least 4 members (excludes halogenated alkanes) is 6. The molecule has 336 valence electrons. The van der Waals surface area contributed by atoms with Gasteiger partial charge in [0.2, 0.25) is 0 Å². The van der Waals surface area contributed by atoms with Crippen LogP contribution in [-0.4, -0.2) is 229 Å². The van der Waals surface area contributed by atoms with Crippen LogP contribution in [0.2, 0.25) is 0 Å². The van der Waals surface area contributed by atoms with E-state index in [4.69, 9.17) is 30.4 Å². The number of rotatable bonds is 26. The predicted octanol–water partition coefficient (Wildman–Crippen LogP) is -9.27. The minimum Gasteiger partial charge on any atom is -0.394 e. The van der Waals surface area contributed by atoms with Crippen LogP contribution in [0.15, 0.2) is 0 Å². The number of primary amides is 2. The number of aliphatic hydroxyl groups is 16. The van der Waals surface area contributed by atoms with Gasteiger partial charge in [-0.05, 0) is 25.7 Å². The summed E-state index contributed by atoms with van der Waals surface area (Å²) in [4.78, 5) is 24.8. The van der Waals surface area contributed by atoms with Crippen LogP contribution in [-0.2, 0) is 28.5 Å². The Kier molecular flexibility index (Phi) is 20.9. The van der Waals surface area contributed by atoms with Crippen molar-refractivity contribution >= 4 is 11.8 Å². The van der Waals surface area contributed by atoms with E-state index in [9.17, 15) is 91.3 Å². The van der Waals surface area contributed by atoms with Gasteiger partial charge in [-0.25, -0.2) is 0 Å². The van der Waals surface area contributed by atoms with E-state index >= 15 is 0 Å². The van der Waals surface area contributed by atoms with Crippen LogP contribution in [0.25, 0.3) is 0 Å². The zero-order chi connectivity index (χ0) is 43.4. The molecule has 0 aromatic rings. The molecular weight excluding hydrogens is 776 g/mol. The summed E-state index contributed by atoms with van der Waals surface area (Å²) in [7, 11) is 0. The van der Waals surface area contributed by atoms with Gasteiger partial charge in [0.1, 0.15) is 85.5 Å². The van der Waals surface area contributed by atoms with Gasteiger partial charge < -0.3 is 112 Å². The molecule has 20 N–H and O–H groups in total. The number of nitrogens with two attached hydrogens (primary N) is 2. The molecule has 0 spiro atoms. The first-order valence-corrected chi connectivity index (χ1v) is 18.6. The van der Waals surface area contributed by atoms with E-state index in [1.54, 1.807) is 0 Å². The van der Waals surface area contributed by atoms with E-state index in [0.29, 0.717) is 32.1 Å². The molecule has 2 rings (SSSR count). The largest absolute Gasteiger partial charge is 0.394 e. The first-order chi connectivity index (χ1) is 26.7. The van der Waals surface area contributed by atoms with E-state index in [1.807, 2.05) is 0 Å². The van der Waals surface area contributed by atoms with E-state index in [0.717, 1.165) is 0 Å². The monoisotopic (exact) mass is 838 g/mol. The topological polar surface area (TPSA) is 447 Å². The maximum absolute atomic E-state index is 12.4. The zero-order valence-electron chi connectivity index (χ0n) is 31.2. The first kappa shape index (κ1) is 51.3. The molecule has 0 aromatic heterocycles. The van der Waals surface area contributed by atoms with Gasteiger partial charge in [0.15, 0.2) is 23.8 Å². The quantitative estimate of drug-likeness (QED) is 0.0360. The third-order valence-electron chi connectivity index (χ3n) is 10.5. The highest BCUT2D eigenvalue weighted by molar-refractivity contribution is 5.84. The van der Waals surface area contributed by atoms with Crippen molar-refractivity contribution in [2.24, 2.45) is 11.5 Å². The van der Waals surface area contributed by atoms with Crippen LogP contribution in [0.5, 0.6) is 0 Å². The lowest BCUT2D eigenvalue weighted by atomic mass is 9.84. The number of carbonyl (C=O) groups excluding carboxylic acids is 2. The predicted molar refractivity (Wildman–Crippen MR) is 185 cm³/mol. The van der Waals surface area contributed by atoms with Crippen molar-refractivity contribution in [3.8, 4) is 0 Å². The lowest BCUT2D eigenvalue weighted by Gasteiger charge is -2.43. The Morgan fingerprint density at radius 1 is 0.526 bits per heavy atom. The summed E-state index contributed by atoms with van der Waals surface area (Å²) in [5.74, 6) is -2.86. The fraction of sp³-hybridized carbons (Fsp3) is 0.939. The molecule has 2 amide bonds. The molecule has 0 radical (unpaired) electrons. The molecule has 0 unspecified atom stereocenters. The molecule has 2 heterocycles. The van der Waals surface area contributed by atoms with Crippen molar-refractivity contribution in [3.05, 3.63) is 0 Å². The lowest BCUT2D eigenvalue weighted by Crippen LogP contribution is -2.64. The molecule has 0 bridgehead atoms. The first-order valence-electron chi connectivity index (χ1n) is 18.6. The number of hydrogen-bond acceptors (Lipinski definition) is 22. The molecule has 24 nitrogen and oxygen atoms in total. The highest BCUT2D eigenvalue weighted by atomic mass is 16.7. The van der Waals surface area contributed by atoms with Crippen molar-refractivity contribution in [1.82, 2.24) is 0 Å². The fourth-order valence-electron chi connectivity index (χ4n) is 6.68. The molecule has 2 saturated heterocycles. The van der Waals surface area contributed by atoms with Crippen LogP contribution in [0, 0.1) is 0 Å². The summed E-state index contributed by atoms with van der Waals surface area (Å²) < 4.78 is 21.1. The number of hydrogen-bond donors (Lipinski definition) is 18. The van der Waals surface area contributed by atoms with Gasteiger partial charge in [0.05, 0.1) is 26.4 Å². The average Bonchev–Trinajstić information content (AvgIpc) is 3.19. The summed E-state index contributed by atoms with van der Waals surface area (Å²) in [6, 6.07) is 0. The van der Waals surface area contributed by atoms with Crippen molar-refractivity contribution in [2.75, 3.05) is 26.4 Å². The summed E-state index contributed by atoms with van der Waals surface area (Å²) in [5.41, 5.74) is 5.28. The average molecular weight is 839 g/mol. The maximum Gasteiger partial charge on any atom is 0.252 e. The molecule has 18 atom stereocenters. The maximum atomic E-state index is 12.4. The Balaban J connectivity index is 1.96. The van der Waals surface area contributed by atoms with Crippen molar-refractivity contribution < 1.29 is 110 Å². The van der Waals surface area contributed by atoms with Crippen molar-refractivity contribution in [2.45, 2.75) is 167 Å². The Hall–Kier alpha value is -1.86. The summed E-state index contributed by atoms with van der Waals surface area (Å²) in [5, 5.41) is 164. The molecule has 2 aliphatic heterocycles. The van der Waals surface area contributed by atoms with E-state index < -0.39 is 160 Å². The smallest absolute Gasteiger partial charge is 0.252 e. The minimum absolute atomic E-state index is 0.0646. The molecule has 0 aliphatic carbocycles. The summed E-state index contributed by atoms with van der Waals surface area (Å²) >= 11 is 0. The molecular formula is C33H62N2O22. The van der Waals surface area contributed by atoms with Gasteiger partial charge in [-0.3, -0.25) is 9.59 Å². The van der Waals surface area contributed by atoms with Gasteiger partial charge in [0.25, 0.3) is 11.8 Å². The molecule has 2 aliphatic rings. The van der Waals surface area contributed by atoms with Gasteiger partial charge in [-0.1, -0.05) is 32.1 Å². The third-order valence-corrected chi connectivity index (χ3v) is 10.5. The van der Waals surface area contributed by atoms with Crippen LogP contribution in [0.3, 0.4) is 0 Å². The standard InChI is InChI=1S/C33H62N2O22/c34-30(50)32(52,26(48)24(14(40)10-36)56-28-22(46)20(44)18(42)16(12-38)54-28)8-6-4-2-1-3-5-7-9-33(53,31(35)51)27(49)25(15(41)11-37)57-29-23(47)21(45)19(43)17(13-39)55-29/h14-29,36-49,52-53H,1-13H2,(H2,34,50)(H2,35,51)/t14-,15-,16-,17-,18+,19+,20+,21+,22-,23-,24-,25-,26+,27+,28+,29+,32+,33+/m1/s1. The second kappa shape index (κ2) is 23.2. The highest BCUT2D eigenvalue weighted by Gasteiger charge is 2.53. The Bertz CT molecular complexity index is 1120. The molecule has 0 aromatic carbocycles. The summed E-state index contributed by atoms with van der Waals surface area (Å²) in [6.45, 7) is -3.84. The molecule has 24 heteroatoms. The molecule has 57 heavy (non-hydrogen) atoms. The van der Waals surface area contributed by atoms with E-state index in [-0.39, 0.29) is 12.8 Å². The Morgan fingerprint density at radius 3 is 1.09 bits per heavy atom. The zero-order valence-corrected chi connectivity index (χ0v) is 31.2. The van der Waals surface area contributed by atoms with Crippen LogP contribution >= 0.6 is 0 Å². The minimum atomic E-state index is -2.76. The Labute approximate surface area is 327 Å². The Morgan fingerprint density at radius 2 is 0.825 bits per heavy atom.